The normalized spacial score (nSPS) is 19.8. The smallest absolute Gasteiger partial charge is 0.267 e. The minimum Gasteiger partial charge on any atom is -0.349 e. The highest BCUT2D eigenvalue weighted by Gasteiger charge is 2.17. The number of hydrogen-bond acceptors (Lipinski definition) is 2. The van der Waals surface area contributed by atoms with Gasteiger partial charge in [0.1, 0.15) is 5.69 Å². The van der Waals surface area contributed by atoms with Gasteiger partial charge in [-0.1, -0.05) is 0 Å². The van der Waals surface area contributed by atoms with Gasteiger partial charge in [0.2, 0.25) is 0 Å². The first-order valence-electron chi connectivity index (χ1n) is 6.37. The lowest BCUT2D eigenvalue weighted by atomic mass is 10.2. The van der Waals surface area contributed by atoms with E-state index in [2.05, 4.69) is 24.5 Å². The van der Waals surface area contributed by atoms with Crippen molar-refractivity contribution in [3.05, 3.63) is 24.0 Å². The van der Waals surface area contributed by atoms with Crippen LogP contribution in [-0.4, -0.2) is 29.6 Å². The van der Waals surface area contributed by atoms with Crippen molar-refractivity contribution in [2.45, 2.75) is 38.8 Å². The lowest BCUT2D eigenvalue weighted by Gasteiger charge is -2.15. The molecule has 0 radical (unpaired) electrons. The van der Waals surface area contributed by atoms with Crippen LogP contribution in [0.25, 0.3) is 0 Å². The molecule has 1 fully saturated rings. The lowest BCUT2D eigenvalue weighted by Crippen LogP contribution is -2.37. The van der Waals surface area contributed by atoms with Crippen molar-refractivity contribution in [3.63, 3.8) is 0 Å². The van der Waals surface area contributed by atoms with Crippen molar-refractivity contribution < 1.29 is 4.79 Å². The Bertz CT molecular complexity index is 378. The molecule has 1 aromatic heterocycles. The van der Waals surface area contributed by atoms with E-state index in [9.17, 15) is 4.79 Å². The van der Waals surface area contributed by atoms with Gasteiger partial charge >= 0.3 is 0 Å². The Hall–Kier alpha value is -1.29. The SMILES string of the molecule is CC(C)n1cccc1C(=O)NCC1CCCN1. The first-order chi connectivity index (χ1) is 8.18. The highest BCUT2D eigenvalue weighted by molar-refractivity contribution is 5.92. The van der Waals surface area contributed by atoms with E-state index >= 15 is 0 Å². The Morgan fingerprint density at radius 3 is 3.12 bits per heavy atom. The van der Waals surface area contributed by atoms with Crippen LogP contribution in [0.4, 0.5) is 0 Å². The molecular weight excluding hydrogens is 214 g/mol. The van der Waals surface area contributed by atoms with Crippen LogP contribution in [0.15, 0.2) is 18.3 Å². The third-order valence-electron chi connectivity index (χ3n) is 3.24. The molecule has 1 aromatic rings. The summed E-state index contributed by atoms with van der Waals surface area (Å²) >= 11 is 0. The second kappa shape index (κ2) is 5.36. The molecule has 0 aliphatic carbocycles. The molecule has 1 saturated heterocycles. The summed E-state index contributed by atoms with van der Waals surface area (Å²) in [5, 5.41) is 6.37. The third-order valence-corrected chi connectivity index (χ3v) is 3.24. The van der Waals surface area contributed by atoms with Crippen LogP contribution in [0.1, 0.15) is 43.2 Å². The summed E-state index contributed by atoms with van der Waals surface area (Å²) in [6.45, 7) is 5.95. The van der Waals surface area contributed by atoms with E-state index in [4.69, 9.17) is 0 Å². The largest absolute Gasteiger partial charge is 0.349 e. The first-order valence-corrected chi connectivity index (χ1v) is 6.37. The van der Waals surface area contributed by atoms with Crippen LogP contribution in [0.3, 0.4) is 0 Å². The highest BCUT2D eigenvalue weighted by atomic mass is 16.1. The van der Waals surface area contributed by atoms with E-state index in [1.54, 1.807) is 0 Å². The van der Waals surface area contributed by atoms with Crippen molar-refractivity contribution >= 4 is 5.91 Å². The fraction of sp³-hybridized carbons (Fsp3) is 0.615. The second-order valence-corrected chi connectivity index (χ2v) is 4.90. The number of carbonyl (C=O) groups excluding carboxylic acids is 1. The van der Waals surface area contributed by atoms with Crippen LogP contribution < -0.4 is 10.6 Å². The monoisotopic (exact) mass is 235 g/mol. The quantitative estimate of drug-likeness (QED) is 0.831. The molecule has 0 spiro atoms. The van der Waals surface area contributed by atoms with Gasteiger partial charge in [0.25, 0.3) is 5.91 Å². The summed E-state index contributed by atoms with van der Waals surface area (Å²) in [5.74, 6) is 0.0254. The average molecular weight is 235 g/mol. The molecule has 1 aliphatic rings. The zero-order chi connectivity index (χ0) is 12.3. The number of hydrogen-bond donors (Lipinski definition) is 2. The fourth-order valence-corrected chi connectivity index (χ4v) is 2.27. The molecule has 4 nitrogen and oxygen atoms in total. The zero-order valence-corrected chi connectivity index (χ0v) is 10.6. The third kappa shape index (κ3) is 2.88. The van der Waals surface area contributed by atoms with Gasteiger partial charge in [-0.05, 0) is 45.4 Å². The molecule has 17 heavy (non-hydrogen) atoms. The molecule has 94 valence electrons. The van der Waals surface area contributed by atoms with E-state index in [0.29, 0.717) is 12.1 Å². The highest BCUT2D eigenvalue weighted by Crippen LogP contribution is 2.11. The summed E-state index contributed by atoms with van der Waals surface area (Å²) < 4.78 is 2.00. The van der Waals surface area contributed by atoms with E-state index < -0.39 is 0 Å². The molecule has 0 saturated carbocycles. The molecule has 1 aliphatic heterocycles. The van der Waals surface area contributed by atoms with Gasteiger partial charge in [-0.15, -0.1) is 0 Å². The maximum absolute atomic E-state index is 12.0. The van der Waals surface area contributed by atoms with Crippen molar-refractivity contribution in [1.29, 1.82) is 0 Å². The van der Waals surface area contributed by atoms with Gasteiger partial charge < -0.3 is 15.2 Å². The number of nitrogens with zero attached hydrogens (tertiary/aromatic N) is 1. The molecule has 2 rings (SSSR count). The van der Waals surface area contributed by atoms with Gasteiger partial charge in [0, 0.05) is 24.8 Å². The van der Waals surface area contributed by atoms with Crippen molar-refractivity contribution in [2.75, 3.05) is 13.1 Å². The second-order valence-electron chi connectivity index (χ2n) is 4.90. The van der Waals surface area contributed by atoms with Gasteiger partial charge in [0.15, 0.2) is 0 Å². The number of aromatic nitrogens is 1. The van der Waals surface area contributed by atoms with Crippen molar-refractivity contribution in [1.82, 2.24) is 15.2 Å². The molecule has 2 heterocycles. The van der Waals surface area contributed by atoms with Crippen LogP contribution >= 0.6 is 0 Å². The van der Waals surface area contributed by atoms with Gasteiger partial charge in [0.05, 0.1) is 0 Å². The Balaban J connectivity index is 1.92. The number of carbonyl (C=O) groups is 1. The number of rotatable bonds is 4. The Labute approximate surface area is 102 Å². The lowest BCUT2D eigenvalue weighted by molar-refractivity contribution is 0.0939. The van der Waals surface area contributed by atoms with Crippen molar-refractivity contribution in [2.24, 2.45) is 0 Å². The Morgan fingerprint density at radius 2 is 2.47 bits per heavy atom. The Kier molecular flexibility index (Phi) is 3.84. The zero-order valence-electron chi connectivity index (χ0n) is 10.6. The maximum Gasteiger partial charge on any atom is 0.267 e. The molecule has 4 heteroatoms. The van der Waals surface area contributed by atoms with Crippen LogP contribution in [-0.2, 0) is 0 Å². The summed E-state index contributed by atoms with van der Waals surface area (Å²) in [7, 11) is 0. The standard InChI is InChI=1S/C13H21N3O/c1-10(2)16-8-4-6-12(16)13(17)15-9-11-5-3-7-14-11/h4,6,8,10-11,14H,3,5,7,9H2,1-2H3,(H,15,17). The molecule has 0 bridgehead atoms. The van der Waals surface area contributed by atoms with E-state index in [0.717, 1.165) is 25.2 Å². The van der Waals surface area contributed by atoms with Crippen LogP contribution in [0.2, 0.25) is 0 Å². The predicted octanol–water partition coefficient (Wildman–Crippen LogP) is 1.55. The molecular formula is C13H21N3O. The molecule has 1 atom stereocenters. The average Bonchev–Trinajstić information content (AvgIpc) is 2.96. The van der Waals surface area contributed by atoms with Gasteiger partial charge in [-0.2, -0.15) is 0 Å². The topological polar surface area (TPSA) is 46.1 Å². The summed E-state index contributed by atoms with van der Waals surface area (Å²) in [6.07, 6.45) is 4.32. The number of nitrogens with one attached hydrogen (secondary N) is 2. The number of amides is 1. The maximum atomic E-state index is 12.0. The first kappa shape index (κ1) is 12.2. The summed E-state index contributed by atoms with van der Waals surface area (Å²) in [4.78, 5) is 12.0. The minimum atomic E-state index is 0.0254. The Morgan fingerprint density at radius 1 is 1.65 bits per heavy atom. The van der Waals surface area contributed by atoms with E-state index in [1.165, 1.54) is 6.42 Å². The summed E-state index contributed by atoms with van der Waals surface area (Å²) in [5.41, 5.74) is 0.748. The van der Waals surface area contributed by atoms with Gasteiger partial charge in [-0.25, -0.2) is 0 Å². The summed E-state index contributed by atoms with van der Waals surface area (Å²) in [6, 6.07) is 4.55. The minimum absolute atomic E-state index is 0.0254. The van der Waals surface area contributed by atoms with E-state index in [1.807, 2.05) is 22.9 Å². The van der Waals surface area contributed by atoms with Crippen molar-refractivity contribution in [3.8, 4) is 0 Å². The molecule has 2 N–H and O–H groups in total. The van der Waals surface area contributed by atoms with Crippen LogP contribution in [0.5, 0.6) is 0 Å². The van der Waals surface area contributed by atoms with Gasteiger partial charge in [-0.3, -0.25) is 4.79 Å². The van der Waals surface area contributed by atoms with Crippen LogP contribution in [0, 0.1) is 0 Å². The molecule has 1 amide bonds. The van der Waals surface area contributed by atoms with E-state index in [-0.39, 0.29) is 5.91 Å². The fourth-order valence-electron chi connectivity index (χ4n) is 2.27. The molecule has 1 unspecified atom stereocenters. The molecule has 0 aromatic carbocycles. The predicted molar refractivity (Wildman–Crippen MR) is 68.2 cm³/mol.